The van der Waals surface area contributed by atoms with Gasteiger partial charge in [0.15, 0.2) is 0 Å². The van der Waals surface area contributed by atoms with E-state index in [4.69, 9.17) is 11.6 Å². The SMILES string of the molecule is Cn1nccc1NS(=O)(=O)c1c[nH]c(=O)c(Cl)c1. The Balaban J connectivity index is 2.40. The first-order chi connectivity index (χ1) is 8.40. The topological polar surface area (TPSA) is 96.8 Å². The van der Waals surface area contributed by atoms with Crippen molar-refractivity contribution < 1.29 is 8.42 Å². The van der Waals surface area contributed by atoms with Crippen LogP contribution in [-0.2, 0) is 17.1 Å². The highest BCUT2D eigenvalue weighted by molar-refractivity contribution is 7.92. The number of nitrogens with zero attached hydrogens (tertiary/aromatic N) is 2. The molecule has 7 nitrogen and oxygen atoms in total. The van der Waals surface area contributed by atoms with Crippen LogP contribution >= 0.6 is 11.6 Å². The molecule has 2 aromatic heterocycles. The number of sulfonamides is 1. The molecule has 0 spiro atoms. The molecule has 2 heterocycles. The highest BCUT2D eigenvalue weighted by atomic mass is 35.5. The largest absolute Gasteiger partial charge is 0.326 e. The summed E-state index contributed by atoms with van der Waals surface area (Å²) >= 11 is 5.58. The molecule has 0 radical (unpaired) electrons. The lowest BCUT2D eigenvalue weighted by molar-refractivity contribution is 0.599. The van der Waals surface area contributed by atoms with Crippen LogP contribution in [0.4, 0.5) is 5.82 Å². The molecule has 2 N–H and O–H groups in total. The number of nitrogens with one attached hydrogen (secondary N) is 2. The molecule has 18 heavy (non-hydrogen) atoms. The van der Waals surface area contributed by atoms with Crippen LogP contribution in [0.3, 0.4) is 0 Å². The van der Waals surface area contributed by atoms with Gasteiger partial charge >= 0.3 is 0 Å². The lowest BCUT2D eigenvalue weighted by atomic mass is 10.5. The van der Waals surface area contributed by atoms with Gasteiger partial charge in [0.25, 0.3) is 15.6 Å². The number of halogens is 1. The fraction of sp³-hybridized carbons (Fsp3) is 0.111. The Labute approximate surface area is 107 Å². The lowest BCUT2D eigenvalue weighted by Gasteiger charge is -2.07. The molecule has 0 aromatic carbocycles. The normalized spacial score (nSPS) is 11.4. The predicted molar refractivity (Wildman–Crippen MR) is 66.1 cm³/mol. The summed E-state index contributed by atoms with van der Waals surface area (Å²) in [5.41, 5.74) is -0.545. The Kier molecular flexibility index (Phi) is 3.14. The molecule has 0 aliphatic carbocycles. The van der Waals surface area contributed by atoms with Crippen LogP contribution in [0.5, 0.6) is 0 Å². The van der Waals surface area contributed by atoms with Crippen LogP contribution in [0.25, 0.3) is 0 Å². The van der Waals surface area contributed by atoms with E-state index in [0.717, 1.165) is 12.3 Å². The molecular weight excluding hydrogens is 280 g/mol. The second-order valence-corrected chi connectivity index (χ2v) is 5.55. The van der Waals surface area contributed by atoms with Crippen molar-refractivity contribution >= 4 is 27.4 Å². The summed E-state index contributed by atoms with van der Waals surface area (Å²) in [7, 11) is -2.22. The second-order valence-electron chi connectivity index (χ2n) is 3.46. The molecule has 0 unspecified atom stereocenters. The van der Waals surface area contributed by atoms with Crippen molar-refractivity contribution in [2.75, 3.05) is 4.72 Å². The van der Waals surface area contributed by atoms with Gasteiger partial charge in [0, 0.05) is 19.3 Å². The van der Waals surface area contributed by atoms with Crippen LogP contribution in [0.2, 0.25) is 5.02 Å². The number of anilines is 1. The van der Waals surface area contributed by atoms with Crippen LogP contribution in [-0.4, -0.2) is 23.2 Å². The minimum atomic E-state index is -3.81. The van der Waals surface area contributed by atoms with Gasteiger partial charge in [-0.3, -0.25) is 14.2 Å². The zero-order valence-corrected chi connectivity index (χ0v) is 10.8. The monoisotopic (exact) mass is 288 g/mol. The predicted octanol–water partition coefficient (Wildman–Crippen LogP) is 0.563. The van der Waals surface area contributed by atoms with Crippen molar-refractivity contribution in [3.63, 3.8) is 0 Å². The molecule has 0 atom stereocenters. The minimum Gasteiger partial charge on any atom is -0.326 e. The zero-order chi connectivity index (χ0) is 13.3. The van der Waals surface area contributed by atoms with Crippen LogP contribution < -0.4 is 10.3 Å². The van der Waals surface area contributed by atoms with E-state index < -0.39 is 15.6 Å². The van der Waals surface area contributed by atoms with Gasteiger partial charge < -0.3 is 4.98 Å². The smallest absolute Gasteiger partial charge is 0.266 e. The number of pyridine rings is 1. The van der Waals surface area contributed by atoms with Gasteiger partial charge in [0.05, 0.1) is 6.20 Å². The summed E-state index contributed by atoms with van der Waals surface area (Å²) in [4.78, 5) is 13.2. The summed E-state index contributed by atoms with van der Waals surface area (Å²) < 4.78 is 27.7. The summed E-state index contributed by atoms with van der Waals surface area (Å²) in [5.74, 6) is 0.303. The van der Waals surface area contributed by atoms with E-state index in [-0.39, 0.29) is 9.92 Å². The quantitative estimate of drug-likeness (QED) is 0.862. The fourth-order valence-electron chi connectivity index (χ4n) is 1.26. The molecule has 0 aliphatic heterocycles. The van der Waals surface area contributed by atoms with Crippen molar-refractivity contribution in [1.29, 1.82) is 0 Å². The van der Waals surface area contributed by atoms with E-state index in [0.29, 0.717) is 5.82 Å². The maximum absolute atomic E-state index is 12.0. The average Bonchev–Trinajstić information content (AvgIpc) is 2.67. The first-order valence-corrected chi connectivity index (χ1v) is 6.65. The van der Waals surface area contributed by atoms with Gasteiger partial charge in [-0.1, -0.05) is 11.6 Å². The molecule has 96 valence electrons. The number of aryl methyl sites for hydroxylation is 1. The Bertz CT molecular complexity index is 734. The number of H-pyrrole nitrogens is 1. The van der Waals surface area contributed by atoms with Crippen molar-refractivity contribution in [1.82, 2.24) is 14.8 Å². The molecule has 0 fully saturated rings. The maximum atomic E-state index is 12.0. The number of hydrogen-bond donors (Lipinski definition) is 2. The number of aromatic nitrogens is 3. The molecular formula is C9H9ClN4O3S. The molecule has 2 aromatic rings. The summed E-state index contributed by atoms with van der Waals surface area (Å²) in [6, 6.07) is 2.59. The third-order valence-corrected chi connectivity index (χ3v) is 3.82. The van der Waals surface area contributed by atoms with Crippen LogP contribution in [0.1, 0.15) is 0 Å². The second kappa shape index (κ2) is 4.46. The number of hydrogen-bond acceptors (Lipinski definition) is 4. The van der Waals surface area contributed by atoms with Crippen LogP contribution in [0, 0.1) is 0 Å². The zero-order valence-electron chi connectivity index (χ0n) is 9.21. The van der Waals surface area contributed by atoms with Crippen molar-refractivity contribution in [3.8, 4) is 0 Å². The Morgan fingerprint density at radius 3 is 2.78 bits per heavy atom. The maximum Gasteiger partial charge on any atom is 0.266 e. The molecule has 0 saturated heterocycles. The van der Waals surface area contributed by atoms with E-state index in [1.807, 2.05) is 0 Å². The third kappa shape index (κ3) is 2.39. The lowest BCUT2D eigenvalue weighted by Crippen LogP contribution is -2.17. The van der Waals surface area contributed by atoms with Crippen molar-refractivity contribution in [2.24, 2.45) is 7.05 Å². The first kappa shape index (κ1) is 12.7. The van der Waals surface area contributed by atoms with Gasteiger partial charge in [0.2, 0.25) is 0 Å². The number of aromatic amines is 1. The van der Waals surface area contributed by atoms with E-state index >= 15 is 0 Å². The van der Waals surface area contributed by atoms with Gasteiger partial charge in [-0.2, -0.15) is 5.10 Å². The minimum absolute atomic E-state index is 0.131. The van der Waals surface area contributed by atoms with E-state index in [1.54, 1.807) is 7.05 Å². The molecule has 0 bridgehead atoms. The van der Waals surface area contributed by atoms with Gasteiger partial charge in [-0.15, -0.1) is 0 Å². The molecule has 2 rings (SSSR count). The molecule has 0 aliphatic rings. The summed E-state index contributed by atoms with van der Waals surface area (Å²) in [6.45, 7) is 0. The third-order valence-electron chi connectivity index (χ3n) is 2.20. The Morgan fingerprint density at radius 2 is 2.22 bits per heavy atom. The number of rotatable bonds is 3. The van der Waals surface area contributed by atoms with Gasteiger partial charge in [-0.25, -0.2) is 8.42 Å². The summed E-state index contributed by atoms with van der Waals surface area (Å²) in [6.07, 6.45) is 2.53. The first-order valence-electron chi connectivity index (χ1n) is 4.79. The Hall–Kier alpha value is -1.80. The van der Waals surface area contributed by atoms with E-state index in [2.05, 4.69) is 14.8 Å². The highest BCUT2D eigenvalue weighted by Crippen LogP contribution is 2.15. The molecule has 0 amide bonds. The fourth-order valence-corrected chi connectivity index (χ4v) is 2.58. The highest BCUT2D eigenvalue weighted by Gasteiger charge is 2.17. The van der Waals surface area contributed by atoms with Gasteiger partial charge in [-0.05, 0) is 6.07 Å². The standard InChI is InChI=1S/C9H9ClN4O3S/c1-14-8(2-3-12-14)13-18(16,17)6-4-7(10)9(15)11-5-6/h2-5,13H,1H3,(H,11,15). The van der Waals surface area contributed by atoms with E-state index in [9.17, 15) is 13.2 Å². The van der Waals surface area contributed by atoms with Crippen molar-refractivity contribution in [2.45, 2.75) is 4.90 Å². The average molecular weight is 289 g/mol. The van der Waals surface area contributed by atoms with E-state index in [1.165, 1.54) is 16.9 Å². The van der Waals surface area contributed by atoms with Crippen LogP contribution in [0.15, 0.2) is 34.2 Å². The summed E-state index contributed by atoms with van der Waals surface area (Å²) in [5, 5.41) is 3.64. The molecule has 9 heteroatoms. The Morgan fingerprint density at radius 1 is 1.50 bits per heavy atom. The van der Waals surface area contributed by atoms with Crippen molar-refractivity contribution in [3.05, 3.63) is 39.9 Å². The van der Waals surface area contributed by atoms with Gasteiger partial charge in [0.1, 0.15) is 15.7 Å². The molecule has 0 saturated carbocycles.